The van der Waals surface area contributed by atoms with Gasteiger partial charge in [0.05, 0.1) is 27.9 Å². The minimum Gasteiger partial charge on any atom is -0.493 e. The Balaban J connectivity index is 1.55. The molecule has 0 radical (unpaired) electrons. The lowest BCUT2D eigenvalue weighted by atomic mass is 9.69. The van der Waals surface area contributed by atoms with Crippen LogP contribution in [0.2, 0.25) is 0 Å². The summed E-state index contributed by atoms with van der Waals surface area (Å²) in [6, 6.07) is 23.5. The van der Waals surface area contributed by atoms with E-state index in [9.17, 15) is 9.59 Å². The summed E-state index contributed by atoms with van der Waals surface area (Å²) in [7, 11) is 4.63. The van der Waals surface area contributed by atoms with Crippen LogP contribution < -0.4 is 14.2 Å². The number of carbonyl (C=O) groups is 2. The number of benzene rings is 3. The van der Waals surface area contributed by atoms with Crippen molar-refractivity contribution in [2.45, 2.75) is 38.0 Å². The summed E-state index contributed by atoms with van der Waals surface area (Å²) in [4.78, 5) is 32.6. The van der Waals surface area contributed by atoms with Crippen LogP contribution in [0.4, 0.5) is 0 Å². The number of Topliss-reactive ketones (excluding diaryl/α,β-unsaturated/α-hetero) is 1. The predicted octanol–water partition coefficient (Wildman–Crippen LogP) is 6.07. The van der Waals surface area contributed by atoms with Gasteiger partial charge in [0.1, 0.15) is 5.92 Å². The summed E-state index contributed by atoms with van der Waals surface area (Å²) < 4.78 is 22.6. The average molecular weight is 554 g/mol. The molecule has 41 heavy (non-hydrogen) atoms. The second kappa shape index (κ2) is 12.4. The molecule has 212 valence electrons. The lowest BCUT2D eigenvalue weighted by Crippen LogP contribution is -2.38. The van der Waals surface area contributed by atoms with Gasteiger partial charge in [0.25, 0.3) is 0 Å². The SMILES string of the molecule is COc1cc([C@@H]2C3=C(C[C@@H](c4ccccc4)CC3=O)N=C(C)C2C(=O)OCCc2ccccc2)cc(OC)c1OC. The number of ether oxygens (including phenoxy) is 4. The molecule has 3 aromatic carbocycles. The Morgan fingerprint density at radius 3 is 2.10 bits per heavy atom. The van der Waals surface area contributed by atoms with E-state index in [2.05, 4.69) is 0 Å². The van der Waals surface area contributed by atoms with Crippen LogP contribution in [0.3, 0.4) is 0 Å². The van der Waals surface area contributed by atoms with E-state index in [1.54, 1.807) is 21.3 Å². The van der Waals surface area contributed by atoms with Gasteiger partial charge in [-0.2, -0.15) is 0 Å². The lowest BCUT2D eigenvalue weighted by molar-refractivity contribution is -0.146. The monoisotopic (exact) mass is 553 g/mol. The molecular formula is C34H35NO6. The zero-order valence-corrected chi connectivity index (χ0v) is 23.9. The highest BCUT2D eigenvalue weighted by Gasteiger charge is 2.45. The highest BCUT2D eigenvalue weighted by Crippen LogP contribution is 2.49. The Kier molecular flexibility index (Phi) is 8.53. The third-order valence-corrected chi connectivity index (χ3v) is 7.94. The number of hydrogen-bond donors (Lipinski definition) is 0. The Morgan fingerprint density at radius 2 is 1.49 bits per heavy atom. The Labute approximate surface area is 240 Å². The highest BCUT2D eigenvalue weighted by atomic mass is 16.5. The van der Waals surface area contributed by atoms with E-state index < -0.39 is 17.8 Å². The predicted molar refractivity (Wildman–Crippen MR) is 157 cm³/mol. The summed E-state index contributed by atoms with van der Waals surface area (Å²) in [6.07, 6.45) is 1.54. The van der Waals surface area contributed by atoms with Crippen LogP contribution in [0.5, 0.6) is 17.2 Å². The van der Waals surface area contributed by atoms with E-state index in [1.165, 1.54) is 0 Å². The van der Waals surface area contributed by atoms with Crippen molar-refractivity contribution < 1.29 is 28.5 Å². The summed E-state index contributed by atoms with van der Waals surface area (Å²) >= 11 is 0. The Bertz CT molecular complexity index is 1450. The number of rotatable bonds is 9. The van der Waals surface area contributed by atoms with Crippen molar-refractivity contribution in [3.8, 4) is 17.2 Å². The maximum Gasteiger partial charge on any atom is 0.315 e. The lowest BCUT2D eigenvalue weighted by Gasteiger charge is -2.36. The van der Waals surface area contributed by atoms with Crippen molar-refractivity contribution in [1.29, 1.82) is 0 Å². The van der Waals surface area contributed by atoms with Crippen LogP contribution in [0.25, 0.3) is 0 Å². The molecule has 2 aliphatic rings. The largest absolute Gasteiger partial charge is 0.493 e. The molecule has 1 unspecified atom stereocenters. The van der Waals surface area contributed by atoms with Crippen LogP contribution in [0, 0.1) is 5.92 Å². The Morgan fingerprint density at radius 1 is 0.854 bits per heavy atom. The van der Waals surface area contributed by atoms with Gasteiger partial charge in [-0.25, -0.2) is 0 Å². The van der Waals surface area contributed by atoms with E-state index >= 15 is 0 Å². The molecule has 1 aliphatic carbocycles. The van der Waals surface area contributed by atoms with Gasteiger partial charge >= 0.3 is 5.97 Å². The number of carbonyl (C=O) groups excluding carboxylic acids is 2. The topological polar surface area (TPSA) is 83.4 Å². The van der Waals surface area contributed by atoms with Crippen molar-refractivity contribution >= 4 is 17.5 Å². The van der Waals surface area contributed by atoms with Crippen molar-refractivity contribution in [2.75, 3.05) is 27.9 Å². The second-order valence-corrected chi connectivity index (χ2v) is 10.4. The van der Waals surface area contributed by atoms with Crippen molar-refractivity contribution in [3.05, 3.63) is 101 Å². The smallest absolute Gasteiger partial charge is 0.315 e. The Hall–Kier alpha value is -4.39. The first-order chi connectivity index (χ1) is 19.9. The van der Waals surface area contributed by atoms with E-state index in [0.29, 0.717) is 53.4 Å². The molecule has 0 fully saturated rings. The number of hydrogen-bond acceptors (Lipinski definition) is 7. The maximum atomic E-state index is 13.9. The fraction of sp³-hybridized carbons (Fsp3) is 0.324. The van der Waals surface area contributed by atoms with E-state index in [0.717, 1.165) is 16.8 Å². The van der Waals surface area contributed by atoms with Crippen LogP contribution in [0.1, 0.15) is 48.3 Å². The minimum atomic E-state index is -0.774. The number of allylic oxidation sites excluding steroid dienone is 2. The standard InChI is InChI=1S/C34H35NO6/c1-21-30(34(37)41-16-15-22-11-7-5-8-12-22)31(25-19-28(38-2)33(40-4)29(20-25)39-3)32-26(35-21)17-24(18-27(32)36)23-13-9-6-10-14-23/h5-14,19-20,24,30-31H,15-18H2,1-4H3/t24-,30?,31+/m1/s1. The molecule has 3 aromatic rings. The summed E-state index contributed by atoms with van der Waals surface area (Å²) in [5, 5.41) is 0. The zero-order valence-electron chi connectivity index (χ0n) is 23.9. The molecule has 5 rings (SSSR count). The zero-order chi connectivity index (χ0) is 28.9. The second-order valence-electron chi connectivity index (χ2n) is 10.4. The van der Waals surface area contributed by atoms with E-state index in [4.69, 9.17) is 23.9 Å². The molecule has 0 saturated heterocycles. The number of ketones is 1. The van der Waals surface area contributed by atoms with Crippen LogP contribution in [0.15, 0.2) is 89.1 Å². The van der Waals surface area contributed by atoms with Crippen molar-refractivity contribution in [1.82, 2.24) is 0 Å². The maximum absolute atomic E-state index is 13.9. The molecule has 0 N–H and O–H groups in total. The van der Waals surface area contributed by atoms with Gasteiger partial charge in [-0.1, -0.05) is 60.7 Å². The number of nitrogens with zero attached hydrogens (tertiary/aromatic N) is 1. The molecule has 0 spiro atoms. The molecule has 0 saturated carbocycles. The van der Waals surface area contributed by atoms with Crippen molar-refractivity contribution in [3.63, 3.8) is 0 Å². The molecule has 0 aromatic heterocycles. The van der Waals surface area contributed by atoms with Gasteiger partial charge in [0.2, 0.25) is 5.75 Å². The van der Waals surface area contributed by atoms with Crippen molar-refractivity contribution in [2.24, 2.45) is 10.9 Å². The van der Waals surface area contributed by atoms with Gasteiger partial charge in [-0.05, 0) is 48.1 Å². The normalized spacial score (nSPS) is 20.1. The van der Waals surface area contributed by atoms with Gasteiger partial charge in [-0.3, -0.25) is 14.6 Å². The van der Waals surface area contributed by atoms with E-state index in [-0.39, 0.29) is 18.3 Å². The van der Waals surface area contributed by atoms with Gasteiger partial charge < -0.3 is 18.9 Å². The number of aliphatic imine (C=N–C) groups is 1. The summed E-state index contributed by atoms with van der Waals surface area (Å²) in [5.41, 5.74) is 4.79. The quantitative estimate of drug-likeness (QED) is 0.299. The van der Waals surface area contributed by atoms with Crippen LogP contribution in [-0.2, 0) is 20.7 Å². The van der Waals surface area contributed by atoms with Crippen LogP contribution >= 0.6 is 0 Å². The first-order valence-corrected chi connectivity index (χ1v) is 13.8. The third-order valence-electron chi connectivity index (χ3n) is 7.94. The number of methoxy groups -OCH3 is 3. The minimum absolute atomic E-state index is 0.0165. The molecule has 3 atom stereocenters. The summed E-state index contributed by atoms with van der Waals surface area (Å²) in [5.74, 6) is -0.447. The molecule has 1 aliphatic heterocycles. The van der Waals surface area contributed by atoms with Gasteiger partial charge in [0.15, 0.2) is 17.3 Å². The number of esters is 1. The molecule has 0 bridgehead atoms. The molecule has 7 nitrogen and oxygen atoms in total. The molecule has 1 heterocycles. The molecule has 7 heteroatoms. The fourth-order valence-corrected chi connectivity index (χ4v) is 5.97. The third kappa shape index (κ3) is 5.75. The fourth-order valence-electron chi connectivity index (χ4n) is 5.97. The first-order valence-electron chi connectivity index (χ1n) is 13.8. The summed E-state index contributed by atoms with van der Waals surface area (Å²) in [6.45, 7) is 2.07. The molecule has 0 amide bonds. The molecular weight excluding hydrogens is 518 g/mol. The highest BCUT2D eigenvalue weighted by molar-refractivity contribution is 6.09. The van der Waals surface area contributed by atoms with Gasteiger partial charge in [0, 0.05) is 35.7 Å². The van der Waals surface area contributed by atoms with E-state index in [1.807, 2.05) is 79.7 Å². The van der Waals surface area contributed by atoms with Gasteiger partial charge in [-0.15, -0.1) is 0 Å². The first kappa shape index (κ1) is 28.1. The van der Waals surface area contributed by atoms with Crippen LogP contribution in [-0.4, -0.2) is 45.4 Å². The average Bonchev–Trinajstić information content (AvgIpc) is 3.00.